The number of nitrogens with zero attached hydrogens (tertiary/aromatic N) is 2. The number of benzene rings is 1. The molecule has 0 spiro atoms. The fraction of sp³-hybridized carbons (Fsp3) is 0.400. The van der Waals surface area contributed by atoms with Gasteiger partial charge in [0.05, 0.1) is 5.69 Å². The van der Waals surface area contributed by atoms with Crippen LogP contribution in [0.25, 0.3) is 0 Å². The normalized spacial score (nSPS) is 11.8. The van der Waals surface area contributed by atoms with Gasteiger partial charge in [-0.2, -0.15) is 16.4 Å². The number of nitrogens with two attached hydrogens (primary N) is 1. The molecule has 0 heterocycles. The Balaban J connectivity index is 3.12. The molecular formula is C10H16FN3O2S2. The topological polar surface area (TPSA) is 66.6 Å². The van der Waals surface area contributed by atoms with Crippen molar-refractivity contribution in [3.05, 3.63) is 29.8 Å². The molecule has 0 atom stereocenters. The number of alkyl halides is 1. The van der Waals surface area contributed by atoms with Gasteiger partial charge in [-0.05, 0) is 17.7 Å². The molecule has 0 aliphatic heterocycles. The molecule has 5 nitrogen and oxygen atoms in total. The highest BCUT2D eigenvalue weighted by atomic mass is 32.3. The van der Waals surface area contributed by atoms with Crippen molar-refractivity contribution >= 4 is 27.8 Å². The first-order valence-electron chi connectivity index (χ1n) is 5.14. The quantitative estimate of drug-likeness (QED) is 0.804. The third-order valence-electron chi connectivity index (χ3n) is 2.22. The molecule has 0 fully saturated rings. The fourth-order valence-corrected chi connectivity index (χ4v) is 3.32. The molecule has 1 aromatic carbocycles. The van der Waals surface area contributed by atoms with E-state index in [9.17, 15) is 12.8 Å². The summed E-state index contributed by atoms with van der Waals surface area (Å²) in [7, 11) is -0.919. The minimum atomic E-state index is -3.72. The SMILES string of the molecule is CN(C)S(=O)(=O)N(SCF)c1ccc(CN)cc1. The van der Waals surface area contributed by atoms with Crippen LogP contribution < -0.4 is 9.44 Å². The summed E-state index contributed by atoms with van der Waals surface area (Å²) in [5.74, 6) is 0. The molecule has 0 saturated carbocycles. The van der Waals surface area contributed by atoms with Gasteiger partial charge < -0.3 is 5.73 Å². The number of hydrogen-bond acceptors (Lipinski definition) is 4. The zero-order valence-electron chi connectivity index (χ0n) is 10.2. The molecule has 0 aromatic heterocycles. The van der Waals surface area contributed by atoms with Gasteiger partial charge in [-0.1, -0.05) is 12.1 Å². The smallest absolute Gasteiger partial charge is 0.313 e. The maximum atomic E-state index is 12.5. The highest BCUT2D eigenvalue weighted by molar-refractivity contribution is 8.13. The molecule has 102 valence electrons. The number of rotatable bonds is 6. The summed E-state index contributed by atoms with van der Waals surface area (Å²) in [6.07, 6.45) is 0. The average Bonchev–Trinajstić information content (AvgIpc) is 2.35. The molecule has 1 aromatic rings. The van der Waals surface area contributed by atoms with Gasteiger partial charge in [-0.15, -0.1) is 0 Å². The number of halogens is 1. The highest BCUT2D eigenvalue weighted by Crippen LogP contribution is 2.27. The van der Waals surface area contributed by atoms with Crippen molar-refractivity contribution in [2.24, 2.45) is 5.73 Å². The molecule has 2 N–H and O–H groups in total. The zero-order chi connectivity index (χ0) is 13.8. The second-order valence-corrected chi connectivity index (χ2v) is 6.69. The first-order valence-corrected chi connectivity index (χ1v) is 7.48. The van der Waals surface area contributed by atoms with E-state index < -0.39 is 16.2 Å². The van der Waals surface area contributed by atoms with Gasteiger partial charge in [0, 0.05) is 32.6 Å². The van der Waals surface area contributed by atoms with E-state index >= 15 is 0 Å². The minimum absolute atomic E-state index is 0.372. The van der Waals surface area contributed by atoms with Crippen LogP contribution in [0.5, 0.6) is 0 Å². The molecule has 0 amide bonds. The van der Waals surface area contributed by atoms with E-state index in [1.165, 1.54) is 14.1 Å². The molecule has 18 heavy (non-hydrogen) atoms. The van der Waals surface area contributed by atoms with Crippen molar-refractivity contribution in [3.8, 4) is 0 Å². The van der Waals surface area contributed by atoms with Crippen LogP contribution >= 0.6 is 11.9 Å². The third kappa shape index (κ3) is 3.35. The van der Waals surface area contributed by atoms with Crippen molar-refractivity contribution in [1.82, 2.24) is 4.31 Å². The van der Waals surface area contributed by atoms with Crippen LogP contribution in [0.2, 0.25) is 0 Å². The second-order valence-electron chi connectivity index (χ2n) is 3.63. The predicted molar refractivity (Wildman–Crippen MR) is 73.0 cm³/mol. The summed E-state index contributed by atoms with van der Waals surface area (Å²) in [6, 6.07) is 5.81. The molecular weight excluding hydrogens is 277 g/mol. The van der Waals surface area contributed by atoms with Crippen LogP contribution in [0.1, 0.15) is 5.56 Å². The van der Waals surface area contributed by atoms with Gasteiger partial charge in [-0.3, -0.25) is 0 Å². The lowest BCUT2D eigenvalue weighted by Crippen LogP contribution is -2.35. The average molecular weight is 293 g/mol. The van der Waals surface area contributed by atoms with Gasteiger partial charge in [0.2, 0.25) is 0 Å². The van der Waals surface area contributed by atoms with Gasteiger partial charge in [0.15, 0.2) is 6.01 Å². The summed E-state index contributed by atoms with van der Waals surface area (Å²) >= 11 is 0.584. The van der Waals surface area contributed by atoms with Crippen molar-refractivity contribution in [2.45, 2.75) is 6.54 Å². The summed E-state index contributed by atoms with van der Waals surface area (Å²) in [5.41, 5.74) is 6.74. The Labute approximate surface area is 111 Å². The lowest BCUT2D eigenvalue weighted by molar-refractivity contribution is 0.523. The Morgan fingerprint density at radius 3 is 2.22 bits per heavy atom. The van der Waals surface area contributed by atoms with E-state index in [0.717, 1.165) is 13.6 Å². The fourth-order valence-electron chi connectivity index (χ4n) is 1.22. The largest absolute Gasteiger partial charge is 0.326 e. The van der Waals surface area contributed by atoms with Crippen molar-refractivity contribution in [1.29, 1.82) is 0 Å². The lowest BCUT2D eigenvalue weighted by atomic mass is 10.2. The van der Waals surface area contributed by atoms with Crippen molar-refractivity contribution in [2.75, 3.05) is 23.8 Å². The monoisotopic (exact) mass is 293 g/mol. The Kier molecular flexibility index (Phi) is 5.39. The van der Waals surface area contributed by atoms with Crippen LogP contribution in [-0.2, 0) is 16.8 Å². The predicted octanol–water partition coefficient (Wildman–Crippen LogP) is 1.33. The number of anilines is 1. The Hall–Kier alpha value is -0.830. The molecule has 0 aliphatic carbocycles. The van der Waals surface area contributed by atoms with Gasteiger partial charge >= 0.3 is 10.2 Å². The third-order valence-corrected chi connectivity index (χ3v) is 5.20. The molecule has 8 heteroatoms. The van der Waals surface area contributed by atoms with Gasteiger partial charge in [0.25, 0.3) is 0 Å². The van der Waals surface area contributed by atoms with E-state index in [-0.39, 0.29) is 0 Å². The Morgan fingerprint density at radius 2 is 1.83 bits per heavy atom. The molecule has 0 aliphatic rings. The molecule has 1 rings (SSSR count). The summed E-state index contributed by atoms with van der Waals surface area (Å²) in [6.45, 7) is 0.372. The maximum Gasteiger partial charge on any atom is 0.313 e. The zero-order valence-corrected chi connectivity index (χ0v) is 11.8. The Bertz CT molecular complexity index is 476. The molecule has 0 saturated heterocycles. The van der Waals surface area contributed by atoms with Gasteiger partial charge in [0.1, 0.15) is 0 Å². The lowest BCUT2D eigenvalue weighted by Gasteiger charge is -2.25. The van der Waals surface area contributed by atoms with Crippen LogP contribution in [0.3, 0.4) is 0 Å². The van der Waals surface area contributed by atoms with Crippen molar-refractivity contribution < 1.29 is 12.8 Å². The van der Waals surface area contributed by atoms with Crippen LogP contribution in [-0.4, -0.2) is 32.8 Å². The summed E-state index contributed by atoms with van der Waals surface area (Å²) in [4.78, 5) is 0. The van der Waals surface area contributed by atoms with Crippen molar-refractivity contribution in [3.63, 3.8) is 0 Å². The number of hydrogen-bond donors (Lipinski definition) is 1. The van der Waals surface area contributed by atoms with Gasteiger partial charge in [-0.25, -0.2) is 4.39 Å². The maximum absolute atomic E-state index is 12.5. The van der Waals surface area contributed by atoms with Crippen LogP contribution in [0, 0.1) is 0 Å². The second kappa shape index (κ2) is 6.37. The van der Waals surface area contributed by atoms with E-state index in [1.54, 1.807) is 24.3 Å². The molecule has 0 unspecified atom stereocenters. The first-order chi connectivity index (χ1) is 8.43. The highest BCUT2D eigenvalue weighted by Gasteiger charge is 2.25. The van der Waals surface area contributed by atoms with E-state index in [1.807, 2.05) is 0 Å². The minimum Gasteiger partial charge on any atom is -0.326 e. The molecule has 0 radical (unpaired) electrons. The first kappa shape index (κ1) is 15.2. The van der Waals surface area contributed by atoms with E-state index in [4.69, 9.17) is 5.73 Å². The van der Waals surface area contributed by atoms with Crippen LogP contribution in [0.4, 0.5) is 10.1 Å². The Morgan fingerprint density at radius 1 is 1.28 bits per heavy atom. The van der Waals surface area contributed by atoms with Crippen LogP contribution in [0.15, 0.2) is 24.3 Å². The molecule has 0 bridgehead atoms. The van der Waals surface area contributed by atoms with E-state index in [2.05, 4.69) is 0 Å². The van der Waals surface area contributed by atoms with E-state index in [0.29, 0.717) is 24.2 Å². The standard InChI is InChI=1S/C10H16FN3O2S2/c1-13(2)18(15,16)14(17-8-11)10-5-3-9(7-12)4-6-10/h3-6H,7-8,12H2,1-2H3. The summed E-state index contributed by atoms with van der Waals surface area (Å²) < 4.78 is 38.5. The summed E-state index contributed by atoms with van der Waals surface area (Å²) in [5, 5.41) is 0.